The largest absolute Gasteiger partial charge is 0.315 e. The highest BCUT2D eigenvalue weighted by Gasteiger charge is 2.08. The summed E-state index contributed by atoms with van der Waals surface area (Å²) in [6, 6.07) is 4.13. The second kappa shape index (κ2) is 7.58. The van der Waals surface area contributed by atoms with Crippen molar-refractivity contribution in [3.8, 4) is 12.1 Å². The monoisotopic (exact) mass is 161 g/mol. The van der Waals surface area contributed by atoms with Gasteiger partial charge in [0.15, 0.2) is 0 Å². The van der Waals surface area contributed by atoms with E-state index in [1.807, 2.05) is 6.07 Å². The minimum absolute atomic E-state index is 0.138. The molecule has 0 rings (SSSR count). The molecule has 0 radical (unpaired) electrons. The van der Waals surface area contributed by atoms with Crippen LogP contribution in [0.5, 0.6) is 0 Å². The fourth-order valence-electron chi connectivity index (χ4n) is 0.902. The maximum absolute atomic E-state index is 8.56. The number of unbranched alkanes of at least 4 members (excludes halogenated alkanes) is 2. The van der Waals surface area contributed by atoms with Crippen molar-refractivity contribution in [3.05, 3.63) is 11.4 Å². The van der Waals surface area contributed by atoms with Crippen LogP contribution in [-0.4, -0.2) is 6.54 Å². The van der Waals surface area contributed by atoms with Crippen LogP contribution in [0.15, 0.2) is 0 Å². The summed E-state index contributed by atoms with van der Waals surface area (Å²) in [5.41, 5.74) is 0. The van der Waals surface area contributed by atoms with E-state index in [1.165, 1.54) is 0 Å². The molecule has 1 unspecified atom stereocenters. The number of rotatable bonds is 5. The minimum atomic E-state index is -0.138. The highest BCUT2D eigenvalue weighted by atomic mass is 14.6. The van der Waals surface area contributed by atoms with E-state index >= 15 is 0 Å². The summed E-state index contributed by atoms with van der Waals surface area (Å²) in [5, 5.41) is 16.8. The molecule has 0 aliphatic rings. The van der Waals surface area contributed by atoms with Crippen molar-refractivity contribution in [2.45, 2.75) is 25.7 Å². The summed E-state index contributed by atoms with van der Waals surface area (Å²) in [4.78, 5) is 3.17. The molecule has 0 aliphatic heterocycles. The summed E-state index contributed by atoms with van der Waals surface area (Å²) in [6.07, 6.45) is 3.02. The first-order valence-electron chi connectivity index (χ1n) is 3.95. The van der Waals surface area contributed by atoms with Crippen LogP contribution in [0.2, 0.25) is 0 Å². The Kier molecular flexibility index (Phi) is 6.61. The Morgan fingerprint density at radius 1 is 1.33 bits per heavy atom. The maximum atomic E-state index is 8.56. The molecule has 0 saturated heterocycles. The van der Waals surface area contributed by atoms with Crippen LogP contribution in [0.4, 0.5) is 0 Å². The van der Waals surface area contributed by atoms with Crippen molar-refractivity contribution < 1.29 is 0 Å². The number of nitrogens with zero attached hydrogens (tertiary/aromatic N) is 3. The molecule has 0 N–H and O–H groups in total. The van der Waals surface area contributed by atoms with Crippen LogP contribution in [0, 0.1) is 35.2 Å². The molecule has 0 amide bonds. The lowest BCUT2D eigenvalue weighted by Gasteiger charge is -1.98. The first kappa shape index (κ1) is 10.5. The topological polar surface area (TPSA) is 51.9 Å². The van der Waals surface area contributed by atoms with Gasteiger partial charge in [-0.15, -0.1) is 0 Å². The predicted molar refractivity (Wildman–Crippen MR) is 44.7 cm³/mol. The van der Waals surface area contributed by atoms with E-state index in [2.05, 4.69) is 10.9 Å². The summed E-state index contributed by atoms with van der Waals surface area (Å²) in [7, 11) is 0. The number of hydrogen-bond donors (Lipinski definition) is 0. The van der Waals surface area contributed by atoms with E-state index in [1.54, 1.807) is 0 Å². The highest BCUT2D eigenvalue weighted by molar-refractivity contribution is 4.88. The van der Waals surface area contributed by atoms with Crippen LogP contribution >= 0.6 is 0 Å². The second-order valence-corrected chi connectivity index (χ2v) is 2.57. The zero-order valence-electron chi connectivity index (χ0n) is 6.95. The van der Waals surface area contributed by atoms with E-state index in [0.29, 0.717) is 13.0 Å². The van der Waals surface area contributed by atoms with Crippen molar-refractivity contribution >= 4 is 0 Å². The van der Waals surface area contributed by atoms with Gasteiger partial charge >= 0.3 is 0 Å². The third-order valence-electron chi connectivity index (χ3n) is 1.59. The molecule has 0 heterocycles. The molecule has 0 bridgehead atoms. The first-order valence-corrected chi connectivity index (χ1v) is 3.95. The van der Waals surface area contributed by atoms with E-state index < -0.39 is 0 Å². The number of hydrogen-bond acceptors (Lipinski definition) is 2. The molecule has 0 aliphatic carbocycles. The Bertz CT molecular complexity index is 226. The van der Waals surface area contributed by atoms with Crippen LogP contribution in [0.3, 0.4) is 0 Å². The quantitative estimate of drug-likeness (QED) is 0.458. The Hall–Kier alpha value is -1.53. The SMILES string of the molecule is [C-]#[N+]CC(C#N)CCCCC#N. The van der Waals surface area contributed by atoms with E-state index in [4.69, 9.17) is 17.1 Å². The van der Waals surface area contributed by atoms with Gasteiger partial charge in [0.25, 0.3) is 0 Å². The van der Waals surface area contributed by atoms with Gasteiger partial charge in [-0.1, -0.05) is 6.42 Å². The minimum Gasteiger partial charge on any atom is -0.315 e. The van der Waals surface area contributed by atoms with Gasteiger partial charge in [-0.05, 0) is 12.8 Å². The lowest BCUT2D eigenvalue weighted by molar-refractivity contribution is 0.585. The van der Waals surface area contributed by atoms with Crippen LogP contribution in [0.25, 0.3) is 4.85 Å². The first-order chi connectivity index (χ1) is 5.85. The molecule has 12 heavy (non-hydrogen) atoms. The van der Waals surface area contributed by atoms with E-state index in [0.717, 1.165) is 19.3 Å². The van der Waals surface area contributed by atoms with Gasteiger partial charge in [0, 0.05) is 6.42 Å². The Morgan fingerprint density at radius 3 is 2.58 bits per heavy atom. The van der Waals surface area contributed by atoms with Gasteiger partial charge in [0.05, 0.1) is 12.1 Å². The zero-order chi connectivity index (χ0) is 9.23. The third-order valence-corrected chi connectivity index (χ3v) is 1.59. The van der Waals surface area contributed by atoms with Crippen LogP contribution in [-0.2, 0) is 0 Å². The van der Waals surface area contributed by atoms with E-state index in [-0.39, 0.29) is 5.92 Å². The molecule has 3 heteroatoms. The second-order valence-electron chi connectivity index (χ2n) is 2.57. The molecule has 3 nitrogen and oxygen atoms in total. The smallest absolute Gasteiger partial charge is 0.230 e. The zero-order valence-corrected chi connectivity index (χ0v) is 6.95. The van der Waals surface area contributed by atoms with Crippen molar-refractivity contribution in [1.29, 1.82) is 10.5 Å². The average Bonchev–Trinajstić information content (AvgIpc) is 2.10. The van der Waals surface area contributed by atoms with Crippen molar-refractivity contribution in [1.82, 2.24) is 0 Å². The Morgan fingerprint density at radius 2 is 2.08 bits per heavy atom. The lowest BCUT2D eigenvalue weighted by atomic mass is 10.0. The van der Waals surface area contributed by atoms with Gasteiger partial charge < -0.3 is 4.85 Å². The fourth-order valence-corrected chi connectivity index (χ4v) is 0.902. The summed E-state index contributed by atoms with van der Waals surface area (Å²) in [6.45, 7) is 6.87. The molecule has 0 spiro atoms. The molecule has 0 aromatic heterocycles. The third kappa shape index (κ3) is 5.27. The number of nitriles is 2. The summed E-state index contributed by atoms with van der Waals surface area (Å²) in [5.74, 6) is -0.138. The van der Waals surface area contributed by atoms with Gasteiger partial charge in [-0.2, -0.15) is 10.5 Å². The van der Waals surface area contributed by atoms with Crippen molar-refractivity contribution in [3.63, 3.8) is 0 Å². The molecule has 1 atom stereocenters. The summed E-state index contributed by atoms with van der Waals surface area (Å²) < 4.78 is 0. The van der Waals surface area contributed by atoms with Gasteiger partial charge in [0.1, 0.15) is 5.92 Å². The van der Waals surface area contributed by atoms with Crippen molar-refractivity contribution in [2.75, 3.05) is 6.54 Å². The van der Waals surface area contributed by atoms with Gasteiger partial charge in [-0.25, -0.2) is 6.57 Å². The lowest BCUT2D eigenvalue weighted by Crippen LogP contribution is -1.99. The molecular weight excluding hydrogens is 150 g/mol. The highest BCUT2D eigenvalue weighted by Crippen LogP contribution is 2.09. The molecule has 0 fully saturated rings. The van der Waals surface area contributed by atoms with Crippen LogP contribution in [0.1, 0.15) is 25.7 Å². The standard InChI is InChI=1S/C9H11N3/c1-12-8-9(7-11)5-3-2-4-6-10/h9H,2-5,8H2. The molecule has 0 aromatic carbocycles. The predicted octanol–water partition coefficient (Wildman–Crippen LogP) is 2.13. The molecule has 62 valence electrons. The Balaban J connectivity index is 3.43. The average molecular weight is 161 g/mol. The van der Waals surface area contributed by atoms with Gasteiger partial charge in [0.2, 0.25) is 6.54 Å². The van der Waals surface area contributed by atoms with E-state index in [9.17, 15) is 0 Å². The maximum Gasteiger partial charge on any atom is 0.230 e. The molecule has 0 saturated carbocycles. The Labute approximate surface area is 73.0 Å². The van der Waals surface area contributed by atoms with Gasteiger partial charge in [-0.3, -0.25) is 0 Å². The molecule has 0 aromatic rings. The normalized spacial score (nSPS) is 10.8. The summed E-state index contributed by atoms with van der Waals surface area (Å²) >= 11 is 0. The van der Waals surface area contributed by atoms with Crippen molar-refractivity contribution in [2.24, 2.45) is 5.92 Å². The van der Waals surface area contributed by atoms with Crippen LogP contribution < -0.4 is 0 Å². The fraction of sp³-hybridized carbons (Fsp3) is 0.667. The molecular formula is C9H11N3.